The molecule has 0 fully saturated rings. The second-order valence-corrected chi connectivity index (χ2v) is 4.49. The van der Waals surface area contributed by atoms with Gasteiger partial charge in [-0.05, 0) is 36.6 Å². The number of hydrogen-bond acceptors (Lipinski definition) is 2. The molecule has 0 aliphatic rings. The second-order valence-electron chi connectivity index (χ2n) is 4.12. The first-order valence-corrected chi connectivity index (χ1v) is 6.29. The number of furan rings is 1. The molecule has 0 aromatic carbocycles. The fraction of sp³-hybridized carbons (Fsp3) is 0.583. The van der Waals surface area contributed by atoms with E-state index in [1.165, 1.54) is 12.1 Å². The van der Waals surface area contributed by atoms with E-state index in [2.05, 4.69) is 0 Å². The predicted octanol–water partition coefficient (Wildman–Crippen LogP) is 4.13. The van der Waals surface area contributed by atoms with Crippen LogP contribution in [0.4, 0.5) is 13.2 Å². The van der Waals surface area contributed by atoms with Crippen LogP contribution in [0.25, 0.3) is 0 Å². The minimum atomic E-state index is -4.45. The first-order valence-electron chi connectivity index (χ1n) is 5.91. The van der Waals surface area contributed by atoms with Crippen molar-refractivity contribution in [2.24, 2.45) is 0 Å². The van der Waals surface area contributed by atoms with Gasteiger partial charge in [-0.15, -0.1) is 0 Å². The van der Waals surface area contributed by atoms with E-state index < -0.39 is 24.7 Å². The number of nitrogens with zero attached hydrogens (tertiary/aromatic N) is 1. The summed E-state index contributed by atoms with van der Waals surface area (Å²) in [6, 6.07) is 2.11. The number of hydrogen-bond donors (Lipinski definition) is 0. The Bertz CT molecular complexity index is 427. The molecule has 1 aromatic heterocycles. The third-order valence-electron chi connectivity index (χ3n) is 2.78. The van der Waals surface area contributed by atoms with Crippen molar-refractivity contribution in [3.05, 3.63) is 23.1 Å². The molecular weight excluding hydrogens is 283 g/mol. The Kier molecular flexibility index (Phi) is 5.29. The van der Waals surface area contributed by atoms with Crippen LogP contribution < -0.4 is 0 Å². The Hall–Kier alpha value is -1.17. The third kappa shape index (κ3) is 4.45. The fourth-order valence-electron chi connectivity index (χ4n) is 1.86. The first-order chi connectivity index (χ1) is 8.78. The minimum Gasteiger partial charge on any atom is -0.440 e. The van der Waals surface area contributed by atoms with E-state index in [0.29, 0.717) is 12.8 Å². The van der Waals surface area contributed by atoms with Crippen LogP contribution in [-0.4, -0.2) is 29.6 Å². The van der Waals surface area contributed by atoms with Crippen LogP contribution in [0.2, 0.25) is 5.22 Å². The maximum absolute atomic E-state index is 12.6. The molecule has 3 nitrogen and oxygen atoms in total. The van der Waals surface area contributed by atoms with Gasteiger partial charge in [-0.25, -0.2) is 0 Å². The molecule has 1 rings (SSSR count). The first kappa shape index (κ1) is 15.9. The quantitative estimate of drug-likeness (QED) is 0.819. The standard InChI is InChI=1S/C12H15ClF3NO2/c1-3-8(4-2)17(7-12(14,15)16)11(18)9-5-6-10(13)19-9/h5-6,8H,3-4,7H2,1-2H3. The molecule has 7 heteroatoms. The van der Waals surface area contributed by atoms with Gasteiger partial charge < -0.3 is 9.32 Å². The lowest BCUT2D eigenvalue weighted by atomic mass is 10.1. The highest BCUT2D eigenvalue weighted by Gasteiger charge is 2.36. The van der Waals surface area contributed by atoms with Crippen LogP contribution >= 0.6 is 11.6 Å². The van der Waals surface area contributed by atoms with Crippen LogP contribution in [0.3, 0.4) is 0 Å². The normalized spacial score (nSPS) is 11.9. The lowest BCUT2D eigenvalue weighted by Gasteiger charge is -2.30. The summed E-state index contributed by atoms with van der Waals surface area (Å²) < 4.78 is 42.6. The Morgan fingerprint density at radius 1 is 1.37 bits per heavy atom. The molecular formula is C12H15ClF3NO2. The molecule has 1 amide bonds. The summed E-state index contributed by atoms with van der Waals surface area (Å²) in [6.07, 6.45) is -3.58. The molecule has 19 heavy (non-hydrogen) atoms. The van der Waals surface area contributed by atoms with Crippen molar-refractivity contribution in [1.82, 2.24) is 4.90 Å². The predicted molar refractivity (Wildman–Crippen MR) is 65.2 cm³/mol. The number of alkyl halides is 3. The molecule has 0 atom stereocenters. The molecule has 0 N–H and O–H groups in total. The minimum absolute atomic E-state index is 0.0279. The van der Waals surface area contributed by atoms with Gasteiger partial charge in [0.15, 0.2) is 11.0 Å². The van der Waals surface area contributed by atoms with Crippen LogP contribution in [0, 0.1) is 0 Å². The highest BCUT2D eigenvalue weighted by Crippen LogP contribution is 2.23. The highest BCUT2D eigenvalue weighted by molar-refractivity contribution is 6.29. The van der Waals surface area contributed by atoms with E-state index in [4.69, 9.17) is 16.0 Å². The number of rotatable bonds is 5. The summed E-state index contributed by atoms with van der Waals surface area (Å²) in [5, 5.41) is -0.0279. The van der Waals surface area contributed by atoms with Crippen molar-refractivity contribution in [3.63, 3.8) is 0 Å². The molecule has 1 aromatic rings. The molecule has 0 spiro atoms. The average molecular weight is 298 g/mol. The zero-order chi connectivity index (χ0) is 14.6. The molecule has 0 bridgehead atoms. The summed E-state index contributed by atoms with van der Waals surface area (Å²) in [4.78, 5) is 12.9. The lowest BCUT2D eigenvalue weighted by Crippen LogP contribution is -2.45. The van der Waals surface area contributed by atoms with Crippen molar-refractivity contribution in [1.29, 1.82) is 0 Å². The maximum atomic E-state index is 12.6. The van der Waals surface area contributed by atoms with E-state index in [1.807, 2.05) is 0 Å². The topological polar surface area (TPSA) is 33.5 Å². The van der Waals surface area contributed by atoms with Gasteiger partial charge in [0.2, 0.25) is 0 Å². The Balaban J connectivity index is 2.98. The fourth-order valence-corrected chi connectivity index (χ4v) is 2.01. The van der Waals surface area contributed by atoms with E-state index >= 15 is 0 Å². The van der Waals surface area contributed by atoms with Crippen LogP contribution in [0.5, 0.6) is 0 Å². The highest BCUT2D eigenvalue weighted by atomic mass is 35.5. The molecule has 0 aliphatic heterocycles. The summed E-state index contributed by atoms with van der Waals surface area (Å²) in [5.74, 6) is -0.973. The molecule has 0 unspecified atom stereocenters. The summed E-state index contributed by atoms with van der Waals surface area (Å²) in [7, 11) is 0. The van der Waals surface area contributed by atoms with Gasteiger partial charge >= 0.3 is 6.18 Å². The molecule has 0 aliphatic carbocycles. The summed E-state index contributed by atoms with van der Waals surface area (Å²) >= 11 is 5.53. The number of carbonyl (C=O) groups excluding carboxylic acids is 1. The summed E-state index contributed by atoms with van der Waals surface area (Å²) in [5.41, 5.74) is 0. The van der Waals surface area contributed by atoms with Crippen LogP contribution in [-0.2, 0) is 0 Å². The van der Waals surface area contributed by atoms with E-state index in [0.717, 1.165) is 4.90 Å². The Morgan fingerprint density at radius 3 is 2.32 bits per heavy atom. The van der Waals surface area contributed by atoms with Gasteiger partial charge in [0.05, 0.1) is 0 Å². The molecule has 1 heterocycles. The molecule has 0 radical (unpaired) electrons. The number of carbonyl (C=O) groups is 1. The van der Waals surface area contributed by atoms with Crippen molar-refractivity contribution >= 4 is 17.5 Å². The van der Waals surface area contributed by atoms with Crippen molar-refractivity contribution in [3.8, 4) is 0 Å². The van der Waals surface area contributed by atoms with Crippen molar-refractivity contribution < 1.29 is 22.4 Å². The Labute approximate surface area is 114 Å². The SMILES string of the molecule is CCC(CC)N(CC(F)(F)F)C(=O)c1ccc(Cl)o1. The second kappa shape index (κ2) is 6.32. The van der Waals surface area contributed by atoms with Gasteiger partial charge in [-0.3, -0.25) is 4.79 Å². The lowest BCUT2D eigenvalue weighted by molar-refractivity contribution is -0.145. The average Bonchev–Trinajstić information content (AvgIpc) is 2.73. The monoisotopic (exact) mass is 297 g/mol. The van der Waals surface area contributed by atoms with E-state index in [1.54, 1.807) is 13.8 Å². The zero-order valence-corrected chi connectivity index (χ0v) is 11.4. The molecule has 0 saturated heterocycles. The zero-order valence-electron chi connectivity index (χ0n) is 10.6. The van der Waals surface area contributed by atoms with Crippen LogP contribution in [0.15, 0.2) is 16.5 Å². The number of amides is 1. The maximum Gasteiger partial charge on any atom is 0.406 e. The Morgan fingerprint density at radius 2 is 1.95 bits per heavy atom. The van der Waals surface area contributed by atoms with E-state index in [-0.39, 0.29) is 11.0 Å². The molecule has 0 saturated carbocycles. The smallest absolute Gasteiger partial charge is 0.406 e. The van der Waals surface area contributed by atoms with Crippen molar-refractivity contribution in [2.45, 2.75) is 38.9 Å². The van der Waals surface area contributed by atoms with Gasteiger partial charge in [0.1, 0.15) is 6.54 Å². The van der Waals surface area contributed by atoms with Gasteiger partial charge in [-0.1, -0.05) is 13.8 Å². The van der Waals surface area contributed by atoms with Crippen LogP contribution in [0.1, 0.15) is 37.2 Å². The third-order valence-corrected chi connectivity index (χ3v) is 2.98. The summed E-state index contributed by atoms with van der Waals surface area (Å²) in [6.45, 7) is 2.18. The van der Waals surface area contributed by atoms with E-state index in [9.17, 15) is 18.0 Å². The van der Waals surface area contributed by atoms with Gasteiger partial charge in [0.25, 0.3) is 5.91 Å². The molecule has 108 valence electrons. The van der Waals surface area contributed by atoms with Crippen molar-refractivity contribution in [2.75, 3.05) is 6.54 Å². The van der Waals surface area contributed by atoms with Gasteiger partial charge in [-0.2, -0.15) is 13.2 Å². The van der Waals surface area contributed by atoms with Gasteiger partial charge in [0, 0.05) is 6.04 Å². The number of halogens is 4. The largest absolute Gasteiger partial charge is 0.440 e.